The Labute approximate surface area is 293 Å². The molecule has 0 spiro atoms. The first-order valence-corrected chi connectivity index (χ1v) is 18.1. The fraction of sp³-hybridized carbons (Fsp3) is 0.625. The van der Waals surface area contributed by atoms with Crippen molar-refractivity contribution in [3.63, 3.8) is 0 Å². The van der Waals surface area contributed by atoms with Crippen LogP contribution in [0.4, 0.5) is 0 Å². The third-order valence-corrected chi connectivity index (χ3v) is 10.8. The summed E-state index contributed by atoms with van der Waals surface area (Å²) in [4.78, 5) is 64.9. The SMILES string of the molecule is CCCCOC(=O)C(CC(C)c1ccccc1)C(=O)CC(CCC(ON1C(C)(CC)CC(=O)C(C)C1(C)CC)c1ccncc1)C(=O)OC. The molecule has 9 heteroatoms. The van der Waals surface area contributed by atoms with Crippen LogP contribution in [0.3, 0.4) is 0 Å². The number of nitrogens with zero attached hydrogens (tertiary/aromatic N) is 2. The van der Waals surface area contributed by atoms with E-state index in [1.165, 1.54) is 7.11 Å². The number of carbonyl (C=O) groups excluding carboxylic acids is 4. The number of piperidine rings is 1. The maximum Gasteiger partial charge on any atom is 0.316 e. The van der Waals surface area contributed by atoms with Crippen LogP contribution in [0.2, 0.25) is 0 Å². The van der Waals surface area contributed by atoms with Crippen molar-refractivity contribution in [2.45, 2.75) is 129 Å². The summed E-state index contributed by atoms with van der Waals surface area (Å²) in [5.41, 5.74) is 0.818. The molecule has 2 aromatic rings. The van der Waals surface area contributed by atoms with Crippen molar-refractivity contribution in [2.24, 2.45) is 17.8 Å². The molecule has 2 heterocycles. The van der Waals surface area contributed by atoms with Gasteiger partial charge in [-0.15, -0.1) is 0 Å². The van der Waals surface area contributed by atoms with Gasteiger partial charge in [0.2, 0.25) is 0 Å². The van der Waals surface area contributed by atoms with E-state index in [1.54, 1.807) is 12.4 Å². The quantitative estimate of drug-likeness (QED) is 0.0829. The molecule has 1 aliphatic heterocycles. The Balaban J connectivity index is 1.89. The molecule has 0 N–H and O–H groups in total. The zero-order valence-electron chi connectivity index (χ0n) is 30.9. The number of Topliss-reactive ketones (excluding diaryl/α,β-unsaturated/α-hetero) is 2. The van der Waals surface area contributed by atoms with E-state index in [2.05, 4.69) is 32.7 Å². The zero-order chi connectivity index (χ0) is 36.2. The number of hydrogen-bond acceptors (Lipinski definition) is 9. The Kier molecular flexibility index (Phi) is 15.1. The Morgan fingerprint density at radius 2 is 1.63 bits per heavy atom. The van der Waals surface area contributed by atoms with Gasteiger partial charge in [-0.05, 0) is 81.5 Å². The number of unbranched alkanes of at least 4 members (excludes halogenated alkanes) is 1. The number of ketones is 2. The highest BCUT2D eigenvalue weighted by atomic mass is 16.7. The van der Waals surface area contributed by atoms with Crippen LogP contribution >= 0.6 is 0 Å². The smallest absolute Gasteiger partial charge is 0.316 e. The van der Waals surface area contributed by atoms with Gasteiger partial charge < -0.3 is 9.47 Å². The number of carbonyl (C=O) groups is 4. The first kappa shape index (κ1) is 40.0. The molecule has 0 aliphatic carbocycles. The van der Waals surface area contributed by atoms with E-state index in [4.69, 9.17) is 14.3 Å². The largest absolute Gasteiger partial charge is 0.469 e. The predicted octanol–water partition coefficient (Wildman–Crippen LogP) is 7.98. The summed E-state index contributed by atoms with van der Waals surface area (Å²) in [6.07, 6.45) is 7.07. The van der Waals surface area contributed by atoms with Crippen molar-refractivity contribution < 1.29 is 33.5 Å². The second-order valence-electron chi connectivity index (χ2n) is 14.2. The molecule has 9 nitrogen and oxygen atoms in total. The van der Waals surface area contributed by atoms with E-state index in [-0.39, 0.29) is 49.3 Å². The molecule has 0 amide bonds. The minimum atomic E-state index is -1.01. The number of hydroxylamine groups is 2. The molecular weight excluding hydrogens is 620 g/mol. The summed E-state index contributed by atoms with van der Waals surface area (Å²) in [5, 5.41) is 2.04. The monoisotopic (exact) mass is 678 g/mol. The molecule has 1 fully saturated rings. The Bertz CT molecular complexity index is 1370. The standard InChI is InChI=1S/C40H58N2O7/c1-9-12-24-48-38(46)33(25-28(4)30-16-14-13-15-17-30)34(43)26-32(37(45)47-8)18-19-36(31-20-22-41-23-21-31)49-42-39(6,10-2)27-35(44)29(5)40(42,7)11-3/h13-17,20-23,28-29,32-33,36H,9-12,18-19,24-27H2,1-8H3. The summed E-state index contributed by atoms with van der Waals surface area (Å²) in [7, 11) is 1.32. The van der Waals surface area contributed by atoms with Crippen molar-refractivity contribution in [2.75, 3.05) is 13.7 Å². The molecule has 1 aromatic heterocycles. The molecule has 49 heavy (non-hydrogen) atoms. The van der Waals surface area contributed by atoms with Crippen LogP contribution in [-0.4, -0.2) is 58.3 Å². The van der Waals surface area contributed by atoms with Crippen molar-refractivity contribution in [3.8, 4) is 0 Å². The molecule has 1 aromatic carbocycles. The highest BCUT2D eigenvalue weighted by Crippen LogP contribution is 2.46. The first-order valence-electron chi connectivity index (χ1n) is 18.1. The van der Waals surface area contributed by atoms with Gasteiger partial charge in [-0.25, -0.2) is 0 Å². The lowest BCUT2D eigenvalue weighted by Crippen LogP contribution is -2.66. The van der Waals surface area contributed by atoms with Crippen LogP contribution in [0, 0.1) is 17.8 Å². The summed E-state index contributed by atoms with van der Waals surface area (Å²) in [5.74, 6) is -3.27. The Hall–Kier alpha value is -3.43. The van der Waals surface area contributed by atoms with Gasteiger partial charge in [-0.1, -0.05) is 71.4 Å². The second kappa shape index (κ2) is 18.5. The average Bonchev–Trinajstić information content (AvgIpc) is 3.12. The van der Waals surface area contributed by atoms with Gasteiger partial charge >= 0.3 is 11.9 Å². The average molecular weight is 679 g/mol. The fourth-order valence-electron chi connectivity index (χ4n) is 6.95. The Morgan fingerprint density at radius 1 is 0.959 bits per heavy atom. The summed E-state index contributed by atoms with van der Waals surface area (Å²) in [6.45, 7) is 14.5. The lowest BCUT2D eigenvalue weighted by molar-refractivity contribution is -0.319. The Morgan fingerprint density at radius 3 is 2.22 bits per heavy atom. The molecule has 0 saturated carbocycles. The number of benzene rings is 1. The van der Waals surface area contributed by atoms with Gasteiger partial charge in [-0.2, -0.15) is 5.06 Å². The highest BCUT2D eigenvalue weighted by Gasteiger charge is 2.54. The molecule has 3 rings (SSSR count). The van der Waals surface area contributed by atoms with Gasteiger partial charge in [-0.3, -0.25) is 29.0 Å². The number of aromatic nitrogens is 1. The third-order valence-electron chi connectivity index (χ3n) is 10.8. The molecule has 0 bridgehead atoms. The minimum Gasteiger partial charge on any atom is -0.469 e. The molecule has 0 radical (unpaired) electrons. The topological polar surface area (TPSA) is 112 Å². The molecule has 1 saturated heterocycles. The van der Waals surface area contributed by atoms with E-state index in [0.29, 0.717) is 32.1 Å². The minimum absolute atomic E-state index is 0.0745. The lowest BCUT2D eigenvalue weighted by Gasteiger charge is -2.56. The van der Waals surface area contributed by atoms with Crippen LogP contribution in [-0.2, 0) is 33.5 Å². The van der Waals surface area contributed by atoms with E-state index >= 15 is 0 Å². The maximum absolute atomic E-state index is 14.0. The predicted molar refractivity (Wildman–Crippen MR) is 189 cm³/mol. The number of hydrogen-bond donors (Lipinski definition) is 0. The molecular formula is C40H58N2O7. The van der Waals surface area contributed by atoms with Crippen LogP contribution in [0.5, 0.6) is 0 Å². The normalized spacial score (nSPS) is 23.7. The summed E-state index contributed by atoms with van der Waals surface area (Å²) < 4.78 is 10.7. The van der Waals surface area contributed by atoms with E-state index in [9.17, 15) is 19.2 Å². The molecule has 1 aliphatic rings. The van der Waals surface area contributed by atoms with Gasteiger partial charge in [0, 0.05) is 31.2 Å². The van der Waals surface area contributed by atoms with Crippen LogP contribution < -0.4 is 0 Å². The summed E-state index contributed by atoms with van der Waals surface area (Å²) in [6, 6.07) is 13.5. The second-order valence-corrected chi connectivity index (χ2v) is 14.2. The van der Waals surface area contributed by atoms with Crippen molar-refractivity contribution in [1.29, 1.82) is 0 Å². The highest BCUT2D eigenvalue weighted by molar-refractivity contribution is 6.00. The number of rotatable bonds is 19. The number of methoxy groups -OCH3 is 1. The number of esters is 2. The van der Waals surface area contributed by atoms with E-state index in [1.807, 2.05) is 68.3 Å². The van der Waals surface area contributed by atoms with Crippen molar-refractivity contribution in [1.82, 2.24) is 10.0 Å². The maximum atomic E-state index is 14.0. The van der Waals surface area contributed by atoms with Gasteiger partial charge in [0.1, 0.15) is 23.6 Å². The van der Waals surface area contributed by atoms with Gasteiger partial charge in [0.25, 0.3) is 0 Å². The summed E-state index contributed by atoms with van der Waals surface area (Å²) >= 11 is 0. The molecule has 270 valence electrons. The number of pyridine rings is 1. The van der Waals surface area contributed by atoms with E-state index in [0.717, 1.165) is 17.5 Å². The zero-order valence-corrected chi connectivity index (χ0v) is 30.9. The van der Waals surface area contributed by atoms with Crippen molar-refractivity contribution >= 4 is 23.5 Å². The lowest BCUT2D eigenvalue weighted by atomic mass is 9.70. The fourth-order valence-corrected chi connectivity index (χ4v) is 6.95. The van der Waals surface area contributed by atoms with Crippen LogP contribution in [0.15, 0.2) is 54.9 Å². The molecule has 7 atom stereocenters. The van der Waals surface area contributed by atoms with Crippen molar-refractivity contribution in [3.05, 3.63) is 66.0 Å². The van der Waals surface area contributed by atoms with Crippen LogP contribution in [0.25, 0.3) is 0 Å². The third kappa shape index (κ3) is 10.1. The van der Waals surface area contributed by atoms with E-state index < -0.39 is 41.0 Å². The molecule has 7 unspecified atom stereocenters. The van der Waals surface area contributed by atoms with Crippen LogP contribution in [0.1, 0.15) is 129 Å². The van der Waals surface area contributed by atoms with Gasteiger partial charge in [0.05, 0.1) is 30.7 Å². The van der Waals surface area contributed by atoms with Gasteiger partial charge in [0.15, 0.2) is 0 Å². The first-order chi connectivity index (χ1) is 23.3. The number of ether oxygens (including phenoxy) is 2.